The molecule has 1 unspecified atom stereocenters. The normalized spacial score (nSPS) is 12.2. The number of hydrogen-bond acceptors (Lipinski definition) is 3. The molecule has 0 aliphatic rings. The number of carboxylic acids is 1. The Kier molecular flexibility index (Phi) is 5.85. The highest BCUT2D eigenvalue weighted by Crippen LogP contribution is 2.20. The summed E-state index contributed by atoms with van der Waals surface area (Å²) in [5, 5.41) is 16.9. The Bertz CT molecular complexity index is 782. The number of rotatable bonds is 6. The van der Waals surface area contributed by atoms with Crippen LogP contribution in [-0.2, 0) is 16.0 Å². The fraction of sp³-hybridized carbons (Fsp3) is 0.389. The van der Waals surface area contributed by atoms with Crippen molar-refractivity contribution < 1.29 is 14.7 Å². The SMILES string of the molecule is Cc1nn(-c2ccc(Cl)cc2)c(C)c1CC(=O)NC(C(=O)O)C(C)C. The number of nitrogens with one attached hydrogen (secondary N) is 1. The van der Waals surface area contributed by atoms with Crippen molar-refractivity contribution in [3.05, 3.63) is 46.2 Å². The van der Waals surface area contributed by atoms with Crippen molar-refractivity contribution in [3.8, 4) is 5.69 Å². The minimum atomic E-state index is -1.03. The Hall–Kier alpha value is -2.34. The van der Waals surface area contributed by atoms with Crippen LogP contribution >= 0.6 is 11.6 Å². The van der Waals surface area contributed by atoms with E-state index in [1.54, 1.807) is 30.7 Å². The summed E-state index contributed by atoms with van der Waals surface area (Å²) in [6.07, 6.45) is 0.0851. The zero-order chi connectivity index (χ0) is 18.7. The highest BCUT2D eigenvalue weighted by molar-refractivity contribution is 6.30. The quantitative estimate of drug-likeness (QED) is 0.826. The second kappa shape index (κ2) is 7.70. The van der Waals surface area contributed by atoms with Crippen LogP contribution in [0.5, 0.6) is 0 Å². The van der Waals surface area contributed by atoms with Crippen LogP contribution in [0.2, 0.25) is 5.02 Å². The number of aromatic nitrogens is 2. The van der Waals surface area contributed by atoms with Crippen LogP contribution in [0.25, 0.3) is 5.69 Å². The average Bonchev–Trinajstić information content (AvgIpc) is 2.81. The first-order valence-electron chi connectivity index (χ1n) is 8.04. The third kappa shape index (κ3) is 4.39. The average molecular weight is 364 g/mol. The van der Waals surface area contributed by atoms with Crippen LogP contribution in [0.1, 0.15) is 30.8 Å². The van der Waals surface area contributed by atoms with E-state index in [0.717, 1.165) is 22.6 Å². The lowest BCUT2D eigenvalue weighted by molar-refractivity contribution is -0.143. The fourth-order valence-electron chi connectivity index (χ4n) is 2.66. The van der Waals surface area contributed by atoms with Crippen molar-refractivity contribution in [2.75, 3.05) is 0 Å². The number of halogens is 1. The molecule has 1 aromatic heterocycles. The fourth-order valence-corrected chi connectivity index (χ4v) is 2.79. The molecule has 2 N–H and O–H groups in total. The van der Waals surface area contributed by atoms with E-state index in [9.17, 15) is 14.7 Å². The molecule has 2 aromatic rings. The minimum absolute atomic E-state index is 0.0851. The number of hydrogen-bond donors (Lipinski definition) is 2. The predicted octanol–water partition coefficient (Wildman–Crippen LogP) is 2.91. The number of carbonyl (C=O) groups excluding carboxylic acids is 1. The molecule has 25 heavy (non-hydrogen) atoms. The third-order valence-electron chi connectivity index (χ3n) is 4.10. The summed E-state index contributed by atoms with van der Waals surface area (Å²) in [6.45, 7) is 7.23. The number of nitrogens with zero attached hydrogens (tertiary/aromatic N) is 2. The molecule has 1 amide bonds. The lowest BCUT2D eigenvalue weighted by atomic mass is 10.0. The van der Waals surface area contributed by atoms with Crippen molar-refractivity contribution >= 4 is 23.5 Å². The molecule has 6 nitrogen and oxygen atoms in total. The summed E-state index contributed by atoms with van der Waals surface area (Å²) < 4.78 is 1.76. The number of amides is 1. The Morgan fingerprint density at radius 3 is 2.36 bits per heavy atom. The van der Waals surface area contributed by atoms with Gasteiger partial charge in [-0.15, -0.1) is 0 Å². The van der Waals surface area contributed by atoms with Crippen molar-refractivity contribution in [3.63, 3.8) is 0 Å². The molecule has 0 aliphatic carbocycles. The molecule has 134 valence electrons. The molecule has 0 saturated carbocycles. The monoisotopic (exact) mass is 363 g/mol. The van der Waals surface area contributed by atoms with Gasteiger partial charge >= 0.3 is 5.97 Å². The van der Waals surface area contributed by atoms with Crippen molar-refractivity contribution in [1.82, 2.24) is 15.1 Å². The maximum atomic E-state index is 12.3. The maximum absolute atomic E-state index is 12.3. The first-order valence-corrected chi connectivity index (χ1v) is 8.41. The van der Waals surface area contributed by atoms with Gasteiger partial charge in [0.15, 0.2) is 0 Å². The summed E-state index contributed by atoms with van der Waals surface area (Å²) >= 11 is 5.91. The van der Waals surface area contributed by atoms with Crippen LogP contribution in [0.15, 0.2) is 24.3 Å². The summed E-state index contributed by atoms with van der Waals surface area (Å²) in [7, 11) is 0. The van der Waals surface area contributed by atoms with E-state index in [-0.39, 0.29) is 18.2 Å². The number of carbonyl (C=O) groups is 2. The van der Waals surface area contributed by atoms with E-state index >= 15 is 0 Å². The van der Waals surface area contributed by atoms with Crippen LogP contribution < -0.4 is 5.32 Å². The first-order chi connectivity index (χ1) is 11.7. The Labute approximate surface area is 151 Å². The van der Waals surface area contributed by atoms with E-state index < -0.39 is 12.0 Å². The van der Waals surface area contributed by atoms with Gasteiger partial charge in [-0.2, -0.15) is 5.10 Å². The molecule has 7 heteroatoms. The summed E-state index contributed by atoms with van der Waals surface area (Å²) in [6, 6.07) is 6.36. The van der Waals surface area contributed by atoms with Gasteiger partial charge in [-0.1, -0.05) is 25.4 Å². The molecule has 0 bridgehead atoms. The molecule has 2 rings (SSSR count). The van der Waals surface area contributed by atoms with Crippen LogP contribution in [0, 0.1) is 19.8 Å². The largest absolute Gasteiger partial charge is 0.480 e. The summed E-state index contributed by atoms with van der Waals surface area (Å²) in [5.74, 6) is -1.56. The lowest BCUT2D eigenvalue weighted by Gasteiger charge is -2.17. The van der Waals surface area contributed by atoms with Gasteiger partial charge in [0.25, 0.3) is 0 Å². The number of aryl methyl sites for hydroxylation is 1. The standard InChI is InChI=1S/C18H22ClN3O3/c1-10(2)17(18(24)25)20-16(23)9-15-11(3)21-22(12(15)4)14-7-5-13(19)6-8-14/h5-8,10,17H,9H2,1-4H3,(H,20,23)(H,24,25). The molecule has 0 aliphatic heterocycles. The molecular weight excluding hydrogens is 342 g/mol. The van der Waals surface area contributed by atoms with E-state index in [0.29, 0.717) is 5.02 Å². The number of carboxylic acid groups (broad SMARTS) is 1. The van der Waals surface area contributed by atoms with Crippen LogP contribution in [-0.4, -0.2) is 32.8 Å². The van der Waals surface area contributed by atoms with Crippen molar-refractivity contribution in [2.45, 2.75) is 40.2 Å². The molecular formula is C18H22ClN3O3. The van der Waals surface area contributed by atoms with Gasteiger partial charge in [0.05, 0.1) is 17.8 Å². The summed E-state index contributed by atoms with van der Waals surface area (Å²) in [5.41, 5.74) is 3.22. The van der Waals surface area contributed by atoms with Crippen molar-refractivity contribution in [2.24, 2.45) is 5.92 Å². The van der Waals surface area contributed by atoms with Gasteiger partial charge in [-0.25, -0.2) is 9.48 Å². The van der Waals surface area contributed by atoms with E-state index in [1.165, 1.54) is 0 Å². The highest BCUT2D eigenvalue weighted by Gasteiger charge is 2.24. The molecule has 0 fully saturated rings. The molecule has 0 saturated heterocycles. The predicted molar refractivity (Wildman–Crippen MR) is 96.2 cm³/mol. The minimum Gasteiger partial charge on any atom is -0.480 e. The second-order valence-corrected chi connectivity index (χ2v) is 6.78. The lowest BCUT2D eigenvalue weighted by Crippen LogP contribution is -2.45. The maximum Gasteiger partial charge on any atom is 0.326 e. The smallest absolute Gasteiger partial charge is 0.326 e. The highest BCUT2D eigenvalue weighted by atomic mass is 35.5. The molecule has 0 spiro atoms. The van der Waals surface area contributed by atoms with Gasteiger partial charge in [0, 0.05) is 16.3 Å². The van der Waals surface area contributed by atoms with Gasteiger partial charge in [-0.05, 0) is 44.0 Å². The van der Waals surface area contributed by atoms with Gasteiger partial charge in [0.1, 0.15) is 6.04 Å². The number of benzene rings is 1. The van der Waals surface area contributed by atoms with Crippen LogP contribution in [0.4, 0.5) is 0 Å². The third-order valence-corrected chi connectivity index (χ3v) is 4.35. The van der Waals surface area contributed by atoms with E-state index in [4.69, 9.17) is 11.6 Å². The number of aliphatic carboxylic acids is 1. The molecule has 1 aromatic carbocycles. The molecule has 1 atom stereocenters. The van der Waals surface area contributed by atoms with Gasteiger partial charge < -0.3 is 10.4 Å². The van der Waals surface area contributed by atoms with Crippen molar-refractivity contribution in [1.29, 1.82) is 0 Å². The Balaban J connectivity index is 2.22. The Morgan fingerprint density at radius 2 is 1.84 bits per heavy atom. The second-order valence-electron chi connectivity index (χ2n) is 6.34. The van der Waals surface area contributed by atoms with Crippen LogP contribution in [0.3, 0.4) is 0 Å². The molecule has 1 heterocycles. The van der Waals surface area contributed by atoms with Gasteiger partial charge in [0.2, 0.25) is 5.91 Å². The zero-order valence-corrected chi connectivity index (χ0v) is 15.5. The van der Waals surface area contributed by atoms with Gasteiger partial charge in [-0.3, -0.25) is 4.79 Å². The van der Waals surface area contributed by atoms with E-state index in [2.05, 4.69) is 10.4 Å². The van der Waals surface area contributed by atoms with E-state index in [1.807, 2.05) is 26.0 Å². The zero-order valence-electron chi connectivity index (χ0n) is 14.7. The first kappa shape index (κ1) is 19.0. The summed E-state index contributed by atoms with van der Waals surface area (Å²) in [4.78, 5) is 23.5. The topological polar surface area (TPSA) is 84.2 Å². The molecule has 0 radical (unpaired) electrons. The Morgan fingerprint density at radius 1 is 1.24 bits per heavy atom.